The summed E-state index contributed by atoms with van der Waals surface area (Å²) in [6.07, 6.45) is 3.66. The first kappa shape index (κ1) is 16.7. The number of aliphatic carboxylic acids is 1. The van der Waals surface area contributed by atoms with Gasteiger partial charge in [-0.1, -0.05) is 13.8 Å². The molecule has 0 radical (unpaired) electrons. The van der Waals surface area contributed by atoms with E-state index in [1.54, 1.807) is 0 Å². The van der Waals surface area contributed by atoms with Crippen LogP contribution in [0.1, 0.15) is 46.0 Å². The predicted octanol–water partition coefficient (Wildman–Crippen LogP) is 1.54. The summed E-state index contributed by atoms with van der Waals surface area (Å²) in [6, 6.07) is -0.897. The highest BCUT2D eigenvalue weighted by atomic mass is 32.2. The Morgan fingerprint density at radius 1 is 1.10 bits per heavy atom. The topological polar surface area (TPSA) is 77.9 Å². The number of carboxylic acid groups (broad SMARTS) is 1. The van der Waals surface area contributed by atoms with Crippen LogP contribution < -0.4 is 0 Å². The molecule has 2 fully saturated rings. The van der Waals surface area contributed by atoms with Gasteiger partial charge >= 0.3 is 5.97 Å². The van der Waals surface area contributed by atoms with Crippen molar-refractivity contribution in [3.8, 4) is 0 Å². The zero-order chi connectivity index (χ0) is 15.6. The molecule has 0 saturated carbocycles. The Morgan fingerprint density at radius 2 is 1.71 bits per heavy atom. The van der Waals surface area contributed by atoms with Crippen molar-refractivity contribution in [2.75, 3.05) is 19.6 Å². The van der Waals surface area contributed by atoms with Crippen LogP contribution in [0.4, 0.5) is 0 Å². The third-order valence-corrected chi connectivity index (χ3v) is 6.85. The van der Waals surface area contributed by atoms with Crippen molar-refractivity contribution < 1.29 is 18.3 Å². The number of hydrogen-bond donors (Lipinski definition) is 1. The number of piperidine rings is 2. The Labute approximate surface area is 127 Å². The molecular formula is C14H26N2O4S. The second-order valence-electron chi connectivity index (χ2n) is 6.45. The lowest BCUT2D eigenvalue weighted by atomic mass is 9.87. The first-order valence-electron chi connectivity index (χ1n) is 7.83. The number of rotatable bonds is 4. The molecule has 0 bridgehead atoms. The molecule has 2 heterocycles. The summed E-state index contributed by atoms with van der Waals surface area (Å²) >= 11 is 0. The summed E-state index contributed by atoms with van der Waals surface area (Å²) in [5, 5.41) is 9.26. The highest BCUT2D eigenvalue weighted by molar-refractivity contribution is 7.86. The molecule has 21 heavy (non-hydrogen) atoms. The Morgan fingerprint density at radius 3 is 2.24 bits per heavy atom. The molecule has 1 unspecified atom stereocenters. The summed E-state index contributed by atoms with van der Waals surface area (Å²) < 4.78 is 28.1. The van der Waals surface area contributed by atoms with Crippen molar-refractivity contribution in [1.82, 2.24) is 8.61 Å². The molecule has 2 saturated heterocycles. The minimum atomic E-state index is -3.64. The summed E-state index contributed by atoms with van der Waals surface area (Å²) in [5.74, 6) is 0.0972. The van der Waals surface area contributed by atoms with Crippen LogP contribution in [0, 0.1) is 11.8 Å². The van der Waals surface area contributed by atoms with Crippen LogP contribution in [0.5, 0.6) is 0 Å². The zero-order valence-electron chi connectivity index (χ0n) is 12.9. The van der Waals surface area contributed by atoms with E-state index in [9.17, 15) is 18.3 Å². The Balaban J connectivity index is 2.09. The number of carbonyl (C=O) groups is 1. The number of carboxylic acids is 1. The lowest BCUT2D eigenvalue weighted by Crippen LogP contribution is -2.54. The van der Waals surface area contributed by atoms with E-state index in [0.717, 1.165) is 25.7 Å². The van der Waals surface area contributed by atoms with Crippen LogP contribution in [0.15, 0.2) is 0 Å². The van der Waals surface area contributed by atoms with Gasteiger partial charge in [0, 0.05) is 19.6 Å². The summed E-state index contributed by atoms with van der Waals surface area (Å²) in [5.41, 5.74) is 0. The molecule has 0 aromatic heterocycles. The molecule has 1 atom stereocenters. The van der Waals surface area contributed by atoms with Gasteiger partial charge in [-0.2, -0.15) is 17.0 Å². The maximum absolute atomic E-state index is 12.7. The molecule has 1 N–H and O–H groups in total. The average Bonchev–Trinajstić information content (AvgIpc) is 2.47. The zero-order valence-corrected chi connectivity index (χ0v) is 13.7. The third-order valence-electron chi connectivity index (χ3n) is 4.80. The van der Waals surface area contributed by atoms with Gasteiger partial charge in [-0.15, -0.1) is 0 Å². The van der Waals surface area contributed by atoms with E-state index >= 15 is 0 Å². The van der Waals surface area contributed by atoms with Crippen molar-refractivity contribution in [1.29, 1.82) is 0 Å². The van der Waals surface area contributed by atoms with Crippen LogP contribution in [0.2, 0.25) is 0 Å². The van der Waals surface area contributed by atoms with Crippen LogP contribution >= 0.6 is 0 Å². The first-order valence-corrected chi connectivity index (χ1v) is 9.23. The van der Waals surface area contributed by atoms with Crippen molar-refractivity contribution in [3.05, 3.63) is 0 Å². The quantitative estimate of drug-likeness (QED) is 0.853. The van der Waals surface area contributed by atoms with E-state index in [4.69, 9.17) is 0 Å². The highest BCUT2D eigenvalue weighted by Crippen LogP contribution is 2.29. The van der Waals surface area contributed by atoms with Crippen molar-refractivity contribution in [3.63, 3.8) is 0 Å². The maximum Gasteiger partial charge on any atom is 0.322 e. The summed E-state index contributed by atoms with van der Waals surface area (Å²) in [6.45, 7) is 5.67. The standard InChI is InChI=1S/C14H26N2O4S/c1-11(2)12-6-9-15(10-7-12)21(19,20)16-8-4-3-5-13(16)14(17)18/h11-13H,3-10H2,1-2H3,(H,17,18). The van der Waals surface area contributed by atoms with Crippen molar-refractivity contribution in [2.45, 2.75) is 52.0 Å². The molecule has 2 aliphatic heterocycles. The van der Waals surface area contributed by atoms with Crippen LogP contribution in [0.25, 0.3) is 0 Å². The molecule has 122 valence electrons. The van der Waals surface area contributed by atoms with Gasteiger partial charge in [-0.05, 0) is 43.9 Å². The highest BCUT2D eigenvalue weighted by Gasteiger charge is 2.41. The maximum atomic E-state index is 12.7. The molecule has 2 rings (SSSR count). The molecule has 0 amide bonds. The van der Waals surface area contributed by atoms with E-state index in [2.05, 4.69) is 13.8 Å². The van der Waals surface area contributed by atoms with Gasteiger partial charge in [0.15, 0.2) is 0 Å². The SMILES string of the molecule is CC(C)C1CCN(S(=O)(=O)N2CCCCC2C(=O)O)CC1. The number of hydrogen-bond acceptors (Lipinski definition) is 3. The monoisotopic (exact) mass is 318 g/mol. The van der Waals surface area contributed by atoms with Gasteiger partial charge in [0.1, 0.15) is 6.04 Å². The minimum Gasteiger partial charge on any atom is -0.480 e. The first-order chi connectivity index (χ1) is 9.84. The van der Waals surface area contributed by atoms with Gasteiger partial charge in [0.25, 0.3) is 10.2 Å². The van der Waals surface area contributed by atoms with Crippen molar-refractivity contribution >= 4 is 16.2 Å². The van der Waals surface area contributed by atoms with Gasteiger partial charge < -0.3 is 5.11 Å². The fraction of sp³-hybridized carbons (Fsp3) is 0.929. The average molecular weight is 318 g/mol. The largest absolute Gasteiger partial charge is 0.480 e. The van der Waals surface area contributed by atoms with Gasteiger partial charge in [0.05, 0.1) is 0 Å². The van der Waals surface area contributed by atoms with Crippen molar-refractivity contribution in [2.24, 2.45) is 11.8 Å². The minimum absolute atomic E-state index is 0.323. The van der Waals surface area contributed by atoms with Crippen LogP contribution in [-0.2, 0) is 15.0 Å². The third kappa shape index (κ3) is 3.57. The molecule has 6 nitrogen and oxygen atoms in total. The molecule has 0 spiro atoms. The van der Waals surface area contributed by atoms with Gasteiger partial charge in [-0.25, -0.2) is 0 Å². The summed E-state index contributed by atoms with van der Waals surface area (Å²) in [7, 11) is -3.64. The van der Waals surface area contributed by atoms with E-state index in [-0.39, 0.29) is 0 Å². The van der Waals surface area contributed by atoms with E-state index < -0.39 is 22.2 Å². The molecule has 0 aromatic carbocycles. The van der Waals surface area contributed by atoms with E-state index in [0.29, 0.717) is 37.9 Å². The molecule has 0 aromatic rings. The Hall–Kier alpha value is -0.660. The van der Waals surface area contributed by atoms with Gasteiger partial charge in [-0.3, -0.25) is 4.79 Å². The van der Waals surface area contributed by atoms with Crippen LogP contribution in [-0.4, -0.2) is 53.8 Å². The molecule has 2 aliphatic rings. The lowest BCUT2D eigenvalue weighted by molar-refractivity contribution is -0.142. The van der Waals surface area contributed by atoms with Crippen LogP contribution in [0.3, 0.4) is 0 Å². The number of nitrogens with zero attached hydrogens (tertiary/aromatic N) is 2. The smallest absolute Gasteiger partial charge is 0.322 e. The fourth-order valence-electron chi connectivity index (χ4n) is 3.35. The molecule has 7 heteroatoms. The van der Waals surface area contributed by atoms with Gasteiger partial charge in [0.2, 0.25) is 0 Å². The normalized spacial score (nSPS) is 27.1. The molecule has 0 aliphatic carbocycles. The fourth-order valence-corrected chi connectivity index (χ4v) is 5.20. The molecular weight excluding hydrogens is 292 g/mol. The predicted molar refractivity (Wildman–Crippen MR) is 80.0 cm³/mol. The second kappa shape index (κ2) is 6.62. The summed E-state index contributed by atoms with van der Waals surface area (Å²) in [4.78, 5) is 11.3. The Bertz CT molecular complexity index is 469. The Kier molecular flexibility index (Phi) is 5.27. The lowest BCUT2D eigenvalue weighted by Gasteiger charge is -2.39. The second-order valence-corrected chi connectivity index (χ2v) is 8.33. The van der Waals surface area contributed by atoms with E-state index in [1.165, 1.54) is 8.61 Å². The van der Waals surface area contributed by atoms with E-state index in [1.807, 2.05) is 0 Å².